The normalized spacial score (nSPS) is 15.3. The molecule has 1 atom stereocenters. The molecule has 0 bridgehead atoms. The van der Waals surface area contributed by atoms with E-state index in [0.717, 1.165) is 0 Å². The fourth-order valence-electron chi connectivity index (χ4n) is 0.721. The maximum Gasteiger partial charge on any atom is 0.390 e. The highest BCUT2D eigenvalue weighted by Crippen LogP contribution is 2.11. The van der Waals surface area contributed by atoms with Gasteiger partial charge >= 0.3 is 10.4 Å². The molecule has 0 radical (unpaired) electrons. The number of rotatable bonds is 7. The minimum Gasteiger partial charge on any atom is -0.294 e. The van der Waals surface area contributed by atoms with Crippen molar-refractivity contribution in [3.8, 4) is 0 Å². The van der Waals surface area contributed by atoms with Gasteiger partial charge in [0.25, 0.3) is 11.0 Å². The van der Waals surface area contributed by atoms with Gasteiger partial charge in [0.15, 0.2) is 0 Å². The van der Waals surface area contributed by atoms with Crippen LogP contribution in [0.3, 0.4) is 0 Å². The van der Waals surface area contributed by atoms with E-state index in [4.69, 9.17) is 3.87 Å². The molecule has 16 heavy (non-hydrogen) atoms. The fourth-order valence-corrected chi connectivity index (χ4v) is 4.12. The quantitative estimate of drug-likeness (QED) is 0.522. The molecule has 0 aromatic rings. The Bertz CT molecular complexity index is 372. The molecule has 10 heteroatoms. The Morgan fingerprint density at radius 2 is 1.75 bits per heavy atom. The lowest BCUT2D eigenvalue weighted by Gasteiger charge is -2.18. The lowest BCUT2D eigenvalue weighted by Crippen LogP contribution is -2.32. The molecule has 1 unspecified atom stereocenters. The summed E-state index contributed by atoms with van der Waals surface area (Å²) in [5.74, 6) is 0. The van der Waals surface area contributed by atoms with Crippen molar-refractivity contribution < 1.29 is 29.1 Å². The molecule has 0 saturated carbocycles. The summed E-state index contributed by atoms with van der Waals surface area (Å²) in [5.41, 5.74) is 0. The molecule has 0 saturated heterocycles. The van der Waals surface area contributed by atoms with E-state index in [1.807, 2.05) is 0 Å². The molecule has 0 spiro atoms. The van der Waals surface area contributed by atoms with E-state index in [9.17, 15) is 16.8 Å². The van der Waals surface area contributed by atoms with Gasteiger partial charge in [0.1, 0.15) is 6.10 Å². The summed E-state index contributed by atoms with van der Waals surface area (Å²) >= 11 is 0. The molecular formula is C6H16O7S2Si. The van der Waals surface area contributed by atoms with Crippen LogP contribution in [0.1, 0.15) is 6.92 Å². The molecule has 0 aliphatic rings. The number of thiol groups is 1. The van der Waals surface area contributed by atoms with Gasteiger partial charge in [-0.1, -0.05) is 0 Å². The zero-order chi connectivity index (χ0) is 13.0. The molecule has 7 nitrogen and oxygen atoms in total. The first-order chi connectivity index (χ1) is 7.02. The van der Waals surface area contributed by atoms with Crippen LogP contribution in [0, 0.1) is 0 Å². The van der Waals surface area contributed by atoms with Crippen LogP contribution in [0.4, 0.5) is 0 Å². The molecular weight excluding hydrogens is 276 g/mol. The third-order valence-corrected chi connectivity index (χ3v) is 4.79. The molecule has 0 aromatic heterocycles. The van der Waals surface area contributed by atoms with E-state index < -0.39 is 35.8 Å². The topological polar surface area (TPSA) is 96.0 Å². The van der Waals surface area contributed by atoms with Crippen LogP contribution >= 0.6 is 0 Å². The zero-order valence-corrected chi connectivity index (χ0v) is 12.2. The van der Waals surface area contributed by atoms with Gasteiger partial charge in [-0.3, -0.25) is 8.06 Å². The Morgan fingerprint density at radius 3 is 2.12 bits per heavy atom. The van der Waals surface area contributed by atoms with Crippen LogP contribution in [-0.2, 0) is 33.6 Å². The van der Waals surface area contributed by atoms with E-state index in [0.29, 0.717) is 0 Å². The number of hydrogen-bond donors (Lipinski definition) is 1. The van der Waals surface area contributed by atoms with Crippen LogP contribution in [0.15, 0.2) is 0 Å². The van der Waals surface area contributed by atoms with Crippen LogP contribution < -0.4 is 0 Å². The minimum atomic E-state index is -4.10. The number of hydrogen-bond acceptors (Lipinski definition) is 7. The van der Waals surface area contributed by atoms with Crippen molar-refractivity contribution in [1.29, 1.82) is 0 Å². The SMILES string of the molecule is CC(CO[SH](=O)=O)OS(=O)(=O)O[Si](C)(C)C. The van der Waals surface area contributed by atoms with Crippen LogP contribution in [-0.4, -0.2) is 37.9 Å². The average molecular weight is 292 g/mol. The van der Waals surface area contributed by atoms with Crippen LogP contribution in [0.25, 0.3) is 0 Å². The predicted octanol–water partition coefficient (Wildman–Crippen LogP) is 0.0308. The second kappa shape index (κ2) is 6.07. The van der Waals surface area contributed by atoms with Gasteiger partial charge < -0.3 is 0 Å². The van der Waals surface area contributed by atoms with Gasteiger partial charge in [-0.15, -0.1) is 0 Å². The van der Waals surface area contributed by atoms with E-state index >= 15 is 0 Å². The Kier molecular flexibility index (Phi) is 6.07. The Balaban J connectivity index is 4.26. The average Bonchev–Trinajstić information content (AvgIpc) is 1.94. The maximum atomic E-state index is 11.3. The van der Waals surface area contributed by atoms with E-state index in [-0.39, 0.29) is 6.61 Å². The van der Waals surface area contributed by atoms with Crippen molar-refractivity contribution >= 4 is 29.7 Å². The van der Waals surface area contributed by atoms with E-state index in [1.165, 1.54) is 6.92 Å². The highest BCUT2D eigenvalue weighted by molar-refractivity contribution is 7.83. The van der Waals surface area contributed by atoms with Gasteiger partial charge in [-0.05, 0) is 26.6 Å². The minimum absolute atomic E-state index is 0.368. The summed E-state index contributed by atoms with van der Waals surface area (Å²) in [6, 6.07) is 0. The second-order valence-corrected chi connectivity index (χ2v) is 10.6. The summed E-state index contributed by atoms with van der Waals surface area (Å²) in [4.78, 5) is 0. The first-order valence-corrected chi connectivity index (χ1v) is 10.3. The van der Waals surface area contributed by atoms with Crippen molar-refractivity contribution in [3.63, 3.8) is 0 Å². The molecule has 0 amide bonds. The molecule has 0 heterocycles. The summed E-state index contributed by atoms with van der Waals surface area (Å²) in [7, 11) is -9.39. The van der Waals surface area contributed by atoms with Gasteiger partial charge in [0.05, 0.1) is 6.61 Å². The van der Waals surface area contributed by atoms with Crippen molar-refractivity contribution in [2.45, 2.75) is 32.7 Å². The third-order valence-electron chi connectivity index (χ3n) is 1.05. The molecule has 0 fully saturated rings. The fraction of sp³-hybridized carbons (Fsp3) is 1.00. The highest BCUT2D eigenvalue weighted by Gasteiger charge is 2.26. The molecule has 0 aliphatic carbocycles. The summed E-state index contributed by atoms with van der Waals surface area (Å²) < 4.78 is 56.3. The van der Waals surface area contributed by atoms with Gasteiger partial charge in [-0.25, -0.2) is 12.6 Å². The van der Waals surface area contributed by atoms with Gasteiger partial charge in [0.2, 0.25) is 8.32 Å². The summed E-state index contributed by atoms with van der Waals surface area (Å²) in [6.45, 7) is 6.05. The van der Waals surface area contributed by atoms with Crippen LogP contribution in [0.2, 0.25) is 19.6 Å². The molecule has 0 aliphatic heterocycles. The second-order valence-electron chi connectivity index (χ2n) is 4.03. The van der Waals surface area contributed by atoms with Crippen molar-refractivity contribution in [3.05, 3.63) is 0 Å². The standard InChI is InChI=1S/C6H16O7S2Si/c1-6(5-11-14(7)8)12-15(9,10)13-16(2,3)4/h6,14H,5H2,1-4H3. The maximum absolute atomic E-state index is 11.3. The van der Waals surface area contributed by atoms with Crippen molar-refractivity contribution in [2.24, 2.45) is 0 Å². The lowest BCUT2D eigenvalue weighted by atomic mass is 10.5. The smallest absolute Gasteiger partial charge is 0.294 e. The largest absolute Gasteiger partial charge is 0.390 e. The Morgan fingerprint density at radius 1 is 1.25 bits per heavy atom. The molecule has 98 valence electrons. The molecule has 0 rings (SSSR count). The first kappa shape index (κ1) is 16.0. The molecule has 0 aromatic carbocycles. The Hall–Kier alpha value is -0.00312. The van der Waals surface area contributed by atoms with E-state index in [1.54, 1.807) is 19.6 Å². The third kappa shape index (κ3) is 9.24. The van der Waals surface area contributed by atoms with Gasteiger partial charge in [0, 0.05) is 0 Å². The predicted molar refractivity (Wildman–Crippen MR) is 60.2 cm³/mol. The Labute approximate surface area is 98.3 Å². The highest BCUT2D eigenvalue weighted by atomic mass is 32.3. The van der Waals surface area contributed by atoms with Crippen molar-refractivity contribution in [1.82, 2.24) is 0 Å². The summed E-state index contributed by atoms with van der Waals surface area (Å²) in [6.07, 6.45) is -0.922. The van der Waals surface area contributed by atoms with Crippen LogP contribution in [0.5, 0.6) is 0 Å². The lowest BCUT2D eigenvalue weighted by molar-refractivity contribution is 0.141. The zero-order valence-electron chi connectivity index (χ0n) is 9.50. The van der Waals surface area contributed by atoms with Crippen molar-refractivity contribution in [2.75, 3.05) is 6.61 Å². The van der Waals surface area contributed by atoms with E-state index in [2.05, 4.69) is 8.37 Å². The monoisotopic (exact) mass is 292 g/mol. The molecule has 0 N–H and O–H groups in total. The summed E-state index contributed by atoms with van der Waals surface area (Å²) in [5, 5.41) is 0. The van der Waals surface area contributed by atoms with Gasteiger partial charge in [-0.2, -0.15) is 8.42 Å². The first-order valence-electron chi connectivity index (χ1n) is 4.43.